The molecule has 1 fully saturated rings. The smallest absolute Gasteiger partial charge is 0.253 e. The minimum atomic E-state index is -0.303. The number of ether oxygens (including phenoxy) is 2. The van der Waals surface area contributed by atoms with E-state index in [1.807, 2.05) is 6.92 Å². The van der Waals surface area contributed by atoms with Gasteiger partial charge in [-0.05, 0) is 63.3 Å². The van der Waals surface area contributed by atoms with Crippen molar-refractivity contribution < 1.29 is 18.7 Å². The van der Waals surface area contributed by atoms with Crippen LogP contribution < -0.4 is 10.1 Å². The van der Waals surface area contributed by atoms with E-state index in [4.69, 9.17) is 9.47 Å². The van der Waals surface area contributed by atoms with Gasteiger partial charge in [0.15, 0.2) is 0 Å². The van der Waals surface area contributed by atoms with Crippen LogP contribution in [0.15, 0.2) is 42.6 Å². The van der Waals surface area contributed by atoms with Gasteiger partial charge < -0.3 is 14.8 Å². The molecule has 1 aliphatic rings. The van der Waals surface area contributed by atoms with Crippen LogP contribution in [-0.4, -0.2) is 29.1 Å². The Kier molecular flexibility index (Phi) is 6.29. The molecule has 3 rings (SSSR count). The molecule has 1 aromatic carbocycles. The zero-order valence-corrected chi connectivity index (χ0v) is 16.6. The fourth-order valence-corrected chi connectivity index (χ4v) is 3.50. The summed E-state index contributed by atoms with van der Waals surface area (Å²) in [6.45, 7) is 7.14. The number of benzene rings is 1. The third-order valence-corrected chi connectivity index (χ3v) is 5.08. The van der Waals surface area contributed by atoms with Crippen LogP contribution in [0.5, 0.6) is 5.88 Å². The fraction of sp³-hybridized carbons (Fsp3) is 0.455. The molecular weight excluding hydrogens is 359 g/mol. The van der Waals surface area contributed by atoms with Gasteiger partial charge in [0.1, 0.15) is 12.4 Å². The maximum Gasteiger partial charge on any atom is 0.253 e. The van der Waals surface area contributed by atoms with Crippen LogP contribution in [0.1, 0.15) is 49.5 Å². The van der Waals surface area contributed by atoms with Crippen LogP contribution >= 0.6 is 0 Å². The summed E-state index contributed by atoms with van der Waals surface area (Å²) in [6.07, 6.45) is 3.35. The molecule has 2 unspecified atom stereocenters. The van der Waals surface area contributed by atoms with E-state index in [0.717, 1.165) is 25.0 Å². The molecule has 0 bridgehead atoms. The normalized spacial score (nSPS) is 19.6. The SMILES string of the molecule is CC(NC(=O)c1ccc(OCc2cccc(F)c2)nc1)C1CCOC(C)(C)C1. The zero-order valence-electron chi connectivity index (χ0n) is 16.6. The molecule has 2 heterocycles. The second-order valence-electron chi connectivity index (χ2n) is 7.93. The van der Waals surface area contributed by atoms with Gasteiger partial charge in [-0.2, -0.15) is 0 Å². The van der Waals surface area contributed by atoms with Crippen molar-refractivity contribution in [3.05, 3.63) is 59.5 Å². The number of aromatic nitrogens is 1. The summed E-state index contributed by atoms with van der Waals surface area (Å²) in [7, 11) is 0. The average molecular weight is 386 g/mol. The molecule has 150 valence electrons. The summed E-state index contributed by atoms with van der Waals surface area (Å²) in [5.41, 5.74) is 1.05. The summed E-state index contributed by atoms with van der Waals surface area (Å²) in [6, 6.07) is 9.61. The first-order valence-corrected chi connectivity index (χ1v) is 9.60. The summed E-state index contributed by atoms with van der Waals surface area (Å²) >= 11 is 0. The molecule has 1 saturated heterocycles. The number of nitrogens with zero attached hydrogens (tertiary/aromatic N) is 1. The Morgan fingerprint density at radius 3 is 2.89 bits per heavy atom. The lowest BCUT2D eigenvalue weighted by molar-refractivity contribution is -0.0768. The number of rotatable bonds is 6. The van der Waals surface area contributed by atoms with Crippen LogP contribution in [0, 0.1) is 11.7 Å². The van der Waals surface area contributed by atoms with E-state index in [1.165, 1.54) is 18.3 Å². The number of pyridine rings is 1. The van der Waals surface area contributed by atoms with Crippen molar-refractivity contribution in [2.75, 3.05) is 6.61 Å². The largest absolute Gasteiger partial charge is 0.473 e. The van der Waals surface area contributed by atoms with E-state index in [2.05, 4.69) is 24.1 Å². The van der Waals surface area contributed by atoms with E-state index < -0.39 is 0 Å². The summed E-state index contributed by atoms with van der Waals surface area (Å²) in [5.74, 6) is 0.318. The summed E-state index contributed by atoms with van der Waals surface area (Å²) in [5, 5.41) is 3.07. The van der Waals surface area contributed by atoms with Crippen LogP contribution in [0.2, 0.25) is 0 Å². The van der Waals surface area contributed by atoms with Gasteiger partial charge in [-0.15, -0.1) is 0 Å². The quantitative estimate of drug-likeness (QED) is 0.811. The molecular formula is C22H27FN2O3. The first kappa shape index (κ1) is 20.3. The molecule has 0 radical (unpaired) electrons. The lowest BCUT2D eigenvalue weighted by atomic mass is 9.84. The molecule has 1 aromatic heterocycles. The van der Waals surface area contributed by atoms with Crippen molar-refractivity contribution in [2.24, 2.45) is 5.92 Å². The maximum absolute atomic E-state index is 13.2. The number of hydrogen-bond donors (Lipinski definition) is 1. The van der Waals surface area contributed by atoms with Crippen LogP contribution in [-0.2, 0) is 11.3 Å². The Hall–Kier alpha value is -2.47. The number of carbonyl (C=O) groups is 1. The van der Waals surface area contributed by atoms with E-state index in [9.17, 15) is 9.18 Å². The van der Waals surface area contributed by atoms with Crippen molar-refractivity contribution >= 4 is 5.91 Å². The molecule has 1 amide bonds. The molecule has 1 N–H and O–H groups in total. The average Bonchev–Trinajstić information content (AvgIpc) is 2.66. The van der Waals surface area contributed by atoms with Crippen molar-refractivity contribution in [1.82, 2.24) is 10.3 Å². The first-order valence-electron chi connectivity index (χ1n) is 9.60. The number of carbonyl (C=O) groups excluding carboxylic acids is 1. The topological polar surface area (TPSA) is 60.5 Å². The minimum absolute atomic E-state index is 0.0552. The molecule has 6 heteroatoms. The predicted octanol–water partition coefficient (Wildman–Crippen LogP) is 4.12. The van der Waals surface area contributed by atoms with Crippen molar-refractivity contribution in [1.29, 1.82) is 0 Å². The van der Waals surface area contributed by atoms with Gasteiger partial charge >= 0.3 is 0 Å². The van der Waals surface area contributed by atoms with E-state index >= 15 is 0 Å². The van der Waals surface area contributed by atoms with Gasteiger partial charge in [-0.25, -0.2) is 9.37 Å². The maximum atomic E-state index is 13.2. The van der Waals surface area contributed by atoms with Crippen molar-refractivity contribution in [2.45, 2.75) is 51.9 Å². The summed E-state index contributed by atoms with van der Waals surface area (Å²) < 4.78 is 24.5. The fourth-order valence-electron chi connectivity index (χ4n) is 3.50. The Bertz CT molecular complexity index is 808. The highest BCUT2D eigenvalue weighted by Gasteiger charge is 2.32. The molecule has 0 spiro atoms. The van der Waals surface area contributed by atoms with Gasteiger partial charge in [-0.1, -0.05) is 12.1 Å². The molecule has 0 aliphatic carbocycles. The molecule has 2 aromatic rings. The second-order valence-corrected chi connectivity index (χ2v) is 7.93. The van der Waals surface area contributed by atoms with Crippen LogP contribution in [0.4, 0.5) is 4.39 Å². The van der Waals surface area contributed by atoms with Crippen LogP contribution in [0.25, 0.3) is 0 Å². The van der Waals surface area contributed by atoms with Crippen molar-refractivity contribution in [3.63, 3.8) is 0 Å². The van der Waals surface area contributed by atoms with E-state index in [1.54, 1.807) is 24.3 Å². The molecule has 2 atom stereocenters. The summed E-state index contributed by atoms with van der Waals surface area (Å²) in [4.78, 5) is 16.7. The minimum Gasteiger partial charge on any atom is -0.473 e. The first-order chi connectivity index (χ1) is 13.3. The van der Waals surface area contributed by atoms with Gasteiger partial charge in [-0.3, -0.25) is 4.79 Å². The van der Waals surface area contributed by atoms with E-state index in [0.29, 0.717) is 17.4 Å². The molecule has 28 heavy (non-hydrogen) atoms. The standard InChI is InChI=1S/C22H27FN2O3/c1-15(17-9-10-28-22(2,3)12-17)25-21(26)18-7-8-20(24-13-18)27-14-16-5-4-6-19(23)11-16/h4-8,11,13,15,17H,9-10,12,14H2,1-3H3,(H,25,26). The van der Waals surface area contributed by atoms with Crippen molar-refractivity contribution in [3.8, 4) is 5.88 Å². The van der Waals surface area contributed by atoms with Gasteiger partial charge in [0, 0.05) is 24.9 Å². The predicted molar refractivity (Wildman–Crippen MR) is 105 cm³/mol. The van der Waals surface area contributed by atoms with Gasteiger partial charge in [0.05, 0.1) is 11.2 Å². The Morgan fingerprint density at radius 1 is 1.39 bits per heavy atom. The highest BCUT2D eigenvalue weighted by atomic mass is 19.1. The number of nitrogens with one attached hydrogen (secondary N) is 1. The third-order valence-electron chi connectivity index (χ3n) is 5.08. The monoisotopic (exact) mass is 386 g/mol. The molecule has 5 nitrogen and oxygen atoms in total. The lowest BCUT2D eigenvalue weighted by Gasteiger charge is -2.38. The van der Waals surface area contributed by atoms with Gasteiger partial charge in [0.25, 0.3) is 5.91 Å². The third kappa shape index (κ3) is 5.52. The molecule has 0 saturated carbocycles. The second kappa shape index (κ2) is 8.69. The Morgan fingerprint density at radius 2 is 2.21 bits per heavy atom. The highest BCUT2D eigenvalue weighted by molar-refractivity contribution is 5.94. The number of hydrogen-bond acceptors (Lipinski definition) is 4. The molecule has 1 aliphatic heterocycles. The number of amides is 1. The highest BCUT2D eigenvalue weighted by Crippen LogP contribution is 2.30. The van der Waals surface area contributed by atoms with E-state index in [-0.39, 0.29) is 30.0 Å². The Labute approximate surface area is 165 Å². The Balaban J connectivity index is 1.53. The zero-order chi connectivity index (χ0) is 20.1. The van der Waals surface area contributed by atoms with Crippen LogP contribution in [0.3, 0.4) is 0 Å². The van der Waals surface area contributed by atoms with Gasteiger partial charge in [0.2, 0.25) is 5.88 Å². The lowest BCUT2D eigenvalue weighted by Crippen LogP contribution is -2.44. The number of halogens is 1.